The second-order valence-corrected chi connectivity index (χ2v) is 5.49. The van der Waals surface area contributed by atoms with Gasteiger partial charge >= 0.3 is 6.03 Å². The minimum Gasteiger partial charge on any atom is -0.475 e. The molecule has 2 heterocycles. The van der Waals surface area contributed by atoms with E-state index in [0.29, 0.717) is 32.2 Å². The van der Waals surface area contributed by atoms with Gasteiger partial charge in [0.15, 0.2) is 0 Å². The molecule has 2 aromatic rings. The normalized spacial score (nSPS) is 10.2. The summed E-state index contributed by atoms with van der Waals surface area (Å²) in [4.78, 5) is 17.0. The molecule has 0 atom stereocenters. The van der Waals surface area contributed by atoms with Crippen LogP contribution in [0.25, 0.3) is 0 Å². The summed E-state index contributed by atoms with van der Waals surface area (Å²) in [6, 6.07) is 7.39. The molecule has 0 bridgehead atoms. The van der Waals surface area contributed by atoms with E-state index in [1.807, 2.05) is 23.6 Å². The molecule has 2 rings (SSSR count). The minimum absolute atomic E-state index is 0.200. The van der Waals surface area contributed by atoms with Crippen molar-refractivity contribution >= 4 is 17.4 Å². The molecule has 0 radical (unpaired) electrons. The Morgan fingerprint density at radius 1 is 1.23 bits per heavy atom. The first-order valence-corrected chi connectivity index (χ1v) is 7.76. The summed E-state index contributed by atoms with van der Waals surface area (Å²) in [5, 5.41) is 7.57. The maximum absolute atomic E-state index is 11.7. The monoisotopic (exact) mass is 321 g/mol. The third-order valence-corrected chi connectivity index (χ3v) is 3.67. The first-order valence-electron chi connectivity index (χ1n) is 6.88. The van der Waals surface area contributed by atoms with Crippen LogP contribution in [0.15, 0.2) is 35.8 Å². The Kier molecular flexibility index (Phi) is 6.66. The number of pyridine rings is 1. The SMILES string of the molecule is COCCOc1ccc(CNC(=O)NCc2cccs2)cn1. The number of carbonyl (C=O) groups is 1. The highest BCUT2D eigenvalue weighted by molar-refractivity contribution is 7.09. The van der Waals surface area contributed by atoms with Gasteiger partial charge in [-0.2, -0.15) is 0 Å². The Balaban J connectivity index is 1.68. The van der Waals surface area contributed by atoms with E-state index in [0.717, 1.165) is 10.4 Å². The lowest BCUT2D eigenvalue weighted by Gasteiger charge is -2.08. The standard InChI is InChI=1S/C15H19N3O3S/c1-20-6-7-21-14-5-4-12(9-16-14)10-17-15(19)18-11-13-3-2-8-22-13/h2-5,8-9H,6-7,10-11H2,1H3,(H2,17,18,19). The molecule has 0 aliphatic heterocycles. The topological polar surface area (TPSA) is 72.5 Å². The second-order valence-electron chi connectivity index (χ2n) is 4.46. The Hall–Kier alpha value is -2.12. The number of urea groups is 1. The van der Waals surface area contributed by atoms with E-state index in [2.05, 4.69) is 15.6 Å². The fraction of sp³-hybridized carbons (Fsp3) is 0.333. The number of carbonyl (C=O) groups excluding carboxylic acids is 1. The van der Waals surface area contributed by atoms with E-state index in [1.54, 1.807) is 30.7 Å². The van der Waals surface area contributed by atoms with Crippen molar-refractivity contribution in [2.45, 2.75) is 13.1 Å². The van der Waals surface area contributed by atoms with Gasteiger partial charge in [-0.05, 0) is 17.0 Å². The van der Waals surface area contributed by atoms with Gasteiger partial charge in [0.2, 0.25) is 5.88 Å². The number of amides is 2. The molecule has 2 aromatic heterocycles. The Bertz CT molecular complexity index is 558. The average Bonchev–Trinajstić information content (AvgIpc) is 3.06. The van der Waals surface area contributed by atoms with Crippen LogP contribution in [-0.4, -0.2) is 31.3 Å². The molecule has 2 N–H and O–H groups in total. The summed E-state index contributed by atoms with van der Waals surface area (Å²) in [6.07, 6.45) is 1.68. The third kappa shape index (κ3) is 5.71. The molecular weight excluding hydrogens is 302 g/mol. The van der Waals surface area contributed by atoms with Crippen LogP contribution in [-0.2, 0) is 17.8 Å². The number of methoxy groups -OCH3 is 1. The lowest BCUT2D eigenvalue weighted by Crippen LogP contribution is -2.34. The molecule has 0 aliphatic rings. The van der Waals surface area contributed by atoms with Gasteiger partial charge in [-0.3, -0.25) is 0 Å². The van der Waals surface area contributed by atoms with Gasteiger partial charge in [-0.1, -0.05) is 12.1 Å². The van der Waals surface area contributed by atoms with Crippen molar-refractivity contribution in [3.05, 3.63) is 46.3 Å². The summed E-state index contributed by atoms with van der Waals surface area (Å²) < 4.78 is 10.3. The van der Waals surface area contributed by atoms with Gasteiger partial charge in [0.05, 0.1) is 13.2 Å². The third-order valence-electron chi connectivity index (χ3n) is 2.79. The molecule has 0 spiro atoms. The number of hydrogen-bond donors (Lipinski definition) is 2. The van der Waals surface area contributed by atoms with E-state index in [9.17, 15) is 4.79 Å². The van der Waals surface area contributed by atoms with Crippen LogP contribution < -0.4 is 15.4 Å². The number of ether oxygens (including phenoxy) is 2. The van der Waals surface area contributed by atoms with Gasteiger partial charge in [-0.15, -0.1) is 11.3 Å². The smallest absolute Gasteiger partial charge is 0.315 e. The van der Waals surface area contributed by atoms with Crippen LogP contribution in [0.1, 0.15) is 10.4 Å². The molecule has 0 fully saturated rings. The second kappa shape index (κ2) is 9.01. The molecule has 0 saturated heterocycles. The lowest BCUT2D eigenvalue weighted by molar-refractivity contribution is 0.143. The average molecular weight is 321 g/mol. The first-order chi connectivity index (χ1) is 10.8. The van der Waals surface area contributed by atoms with Gasteiger partial charge in [-0.25, -0.2) is 9.78 Å². The molecular formula is C15H19N3O3S. The zero-order chi connectivity index (χ0) is 15.6. The van der Waals surface area contributed by atoms with Crippen LogP contribution in [0.3, 0.4) is 0 Å². The van der Waals surface area contributed by atoms with Crippen molar-refractivity contribution in [2.24, 2.45) is 0 Å². The van der Waals surface area contributed by atoms with Crippen LogP contribution in [0.5, 0.6) is 5.88 Å². The highest BCUT2D eigenvalue weighted by Gasteiger charge is 2.02. The van der Waals surface area contributed by atoms with E-state index in [4.69, 9.17) is 9.47 Å². The molecule has 7 heteroatoms. The van der Waals surface area contributed by atoms with Crippen molar-refractivity contribution in [3.8, 4) is 5.88 Å². The largest absolute Gasteiger partial charge is 0.475 e. The molecule has 2 amide bonds. The van der Waals surface area contributed by atoms with Crippen molar-refractivity contribution in [3.63, 3.8) is 0 Å². The number of thiophene rings is 1. The first kappa shape index (κ1) is 16.3. The highest BCUT2D eigenvalue weighted by Crippen LogP contribution is 2.08. The zero-order valence-corrected chi connectivity index (χ0v) is 13.2. The van der Waals surface area contributed by atoms with Crippen molar-refractivity contribution in [2.75, 3.05) is 20.3 Å². The molecule has 0 saturated carbocycles. The lowest BCUT2D eigenvalue weighted by atomic mass is 10.3. The summed E-state index contributed by atoms with van der Waals surface area (Å²) in [5.41, 5.74) is 0.908. The molecule has 0 aromatic carbocycles. The number of aromatic nitrogens is 1. The Morgan fingerprint density at radius 2 is 2.09 bits per heavy atom. The molecule has 22 heavy (non-hydrogen) atoms. The molecule has 0 unspecified atom stereocenters. The number of rotatable bonds is 8. The van der Waals surface area contributed by atoms with Crippen molar-refractivity contribution in [1.29, 1.82) is 0 Å². The number of hydrogen-bond acceptors (Lipinski definition) is 5. The van der Waals surface area contributed by atoms with Crippen LogP contribution in [0.4, 0.5) is 4.79 Å². The van der Waals surface area contributed by atoms with Crippen molar-refractivity contribution in [1.82, 2.24) is 15.6 Å². The summed E-state index contributed by atoms with van der Waals surface area (Å²) in [5.74, 6) is 0.544. The predicted molar refractivity (Wildman–Crippen MR) is 85.0 cm³/mol. The summed E-state index contributed by atoms with van der Waals surface area (Å²) in [6.45, 7) is 1.94. The summed E-state index contributed by atoms with van der Waals surface area (Å²) >= 11 is 1.61. The summed E-state index contributed by atoms with van der Waals surface area (Å²) in [7, 11) is 1.62. The van der Waals surface area contributed by atoms with Crippen LogP contribution in [0.2, 0.25) is 0 Å². The van der Waals surface area contributed by atoms with Crippen LogP contribution in [0, 0.1) is 0 Å². The highest BCUT2D eigenvalue weighted by atomic mass is 32.1. The van der Waals surface area contributed by atoms with E-state index in [-0.39, 0.29) is 6.03 Å². The maximum atomic E-state index is 11.7. The quantitative estimate of drug-likeness (QED) is 0.731. The van der Waals surface area contributed by atoms with Gasteiger partial charge in [0, 0.05) is 30.8 Å². The predicted octanol–water partition coefficient (Wildman–Crippen LogP) is 2.17. The Morgan fingerprint density at radius 3 is 2.77 bits per heavy atom. The van der Waals surface area contributed by atoms with E-state index in [1.165, 1.54) is 0 Å². The van der Waals surface area contributed by atoms with Crippen molar-refractivity contribution < 1.29 is 14.3 Å². The zero-order valence-electron chi connectivity index (χ0n) is 12.4. The van der Waals surface area contributed by atoms with E-state index < -0.39 is 0 Å². The molecule has 118 valence electrons. The Labute approximate surface area is 133 Å². The van der Waals surface area contributed by atoms with Gasteiger partial charge < -0.3 is 20.1 Å². The molecule has 6 nitrogen and oxygen atoms in total. The molecule has 0 aliphatic carbocycles. The van der Waals surface area contributed by atoms with Gasteiger partial charge in [0.1, 0.15) is 6.61 Å². The minimum atomic E-state index is -0.200. The fourth-order valence-electron chi connectivity index (χ4n) is 1.66. The number of nitrogens with zero attached hydrogens (tertiary/aromatic N) is 1. The number of nitrogens with one attached hydrogen (secondary N) is 2. The fourth-order valence-corrected chi connectivity index (χ4v) is 2.30. The van der Waals surface area contributed by atoms with Crippen LogP contribution >= 0.6 is 11.3 Å². The van der Waals surface area contributed by atoms with E-state index >= 15 is 0 Å². The van der Waals surface area contributed by atoms with Gasteiger partial charge in [0.25, 0.3) is 0 Å². The maximum Gasteiger partial charge on any atom is 0.315 e.